The fourth-order valence-corrected chi connectivity index (χ4v) is 7.39. The number of esters is 1. The highest BCUT2D eigenvalue weighted by Crippen LogP contribution is 2.35. The van der Waals surface area contributed by atoms with Gasteiger partial charge in [-0.1, -0.05) is 95.2 Å². The highest BCUT2D eigenvalue weighted by molar-refractivity contribution is 9.10. The van der Waals surface area contributed by atoms with Crippen molar-refractivity contribution in [2.24, 2.45) is 4.99 Å². The third-order valence-corrected chi connectivity index (χ3v) is 9.28. The maximum Gasteiger partial charge on any atom is 0.338 e. The van der Waals surface area contributed by atoms with E-state index in [-0.39, 0.29) is 12.2 Å². The summed E-state index contributed by atoms with van der Waals surface area (Å²) < 4.78 is 14.5. The highest BCUT2D eigenvalue weighted by Gasteiger charge is 2.33. The Morgan fingerprint density at radius 3 is 2.59 bits per heavy atom. The molecule has 0 amide bonds. The van der Waals surface area contributed by atoms with Crippen LogP contribution in [-0.4, -0.2) is 17.1 Å². The number of halogens is 2. The zero-order valence-corrected chi connectivity index (χ0v) is 27.4. The summed E-state index contributed by atoms with van der Waals surface area (Å²) in [5.74, 6) is 0.0724. The molecule has 6 rings (SSSR count). The van der Waals surface area contributed by atoms with E-state index in [0.29, 0.717) is 48.0 Å². The quantitative estimate of drug-likeness (QED) is 0.169. The Labute approximate surface area is 271 Å². The lowest BCUT2D eigenvalue weighted by Gasteiger charge is -2.24. The number of allylic oxidation sites excluding steroid dienone is 1. The summed E-state index contributed by atoms with van der Waals surface area (Å²) in [4.78, 5) is 32.5. The molecule has 0 saturated carbocycles. The molecule has 44 heavy (non-hydrogen) atoms. The van der Waals surface area contributed by atoms with Gasteiger partial charge in [0.15, 0.2) is 4.80 Å². The lowest BCUT2D eigenvalue weighted by atomic mass is 9.95. The van der Waals surface area contributed by atoms with Gasteiger partial charge in [0.25, 0.3) is 5.56 Å². The van der Waals surface area contributed by atoms with E-state index in [9.17, 15) is 9.59 Å². The fraction of sp³-hybridized carbons (Fsp3) is 0.171. The minimum Gasteiger partial charge on any atom is -0.487 e. The topological polar surface area (TPSA) is 69.9 Å². The van der Waals surface area contributed by atoms with Gasteiger partial charge in [-0.3, -0.25) is 9.36 Å². The molecule has 5 aromatic rings. The lowest BCUT2D eigenvalue weighted by molar-refractivity contribution is -0.139. The van der Waals surface area contributed by atoms with Crippen LogP contribution in [0.4, 0.5) is 0 Å². The first-order valence-electron chi connectivity index (χ1n) is 14.1. The third kappa shape index (κ3) is 5.77. The van der Waals surface area contributed by atoms with Gasteiger partial charge in [-0.25, -0.2) is 9.79 Å². The first-order chi connectivity index (χ1) is 21.2. The summed E-state index contributed by atoms with van der Waals surface area (Å²) in [6.45, 7) is 6.06. The number of benzene rings is 4. The Morgan fingerprint density at radius 2 is 1.82 bits per heavy atom. The number of carbonyl (C=O) groups excluding carboxylic acids is 1. The average molecular weight is 688 g/mol. The fourth-order valence-electron chi connectivity index (χ4n) is 5.40. The van der Waals surface area contributed by atoms with Gasteiger partial charge in [-0.2, -0.15) is 0 Å². The van der Waals surface area contributed by atoms with Gasteiger partial charge in [0, 0.05) is 10.6 Å². The van der Waals surface area contributed by atoms with Gasteiger partial charge in [0.2, 0.25) is 0 Å². The molecule has 4 aromatic carbocycles. The van der Waals surface area contributed by atoms with Crippen molar-refractivity contribution < 1.29 is 14.3 Å². The second-order valence-corrected chi connectivity index (χ2v) is 12.7. The molecule has 9 heteroatoms. The summed E-state index contributed by atoms with van der Waals surface area (Å²) in [6.07, 6.45) is 1.77. The number of ether oxygens (including phenoxy) is 2. The summed E-state index contributed by atoms with van der Waals surface area (Å²) in [6, 6.07) is 24.9. The van der Waals surface area contributed by atoms with E-state index in [2.05, 4.69) is 39.1 Å². The number of thiazole rings is 1. The monoisotopic (exact) mass is 686 g/mol. The molecule has 0 radical (unpaired) electrons. The standard InChI is InChI=1S/C35H28BrClN2O4S/c1-4-42-34(41)30-21(3)38-35-39(31(30)23-14-12-20(2)13-15-23)33(40)29(44-35)17-25-16-26(37)18-28(36)32(25)43-19-24-10-7-9-22-8-5-6-11-27(22)24/h5-18,31H,4,19H2,1-3H3/b29-17-/t31-/m0/s1. The Balaban J connectivity index is 1.46. The van der Waals surface area contributed by atoms with Crippen molar-refractivity contribution in [3.63, 3.8) is 0 Å². The van der Waals surface area contributed by atoms with E-state index < -0.39 is 12.0 Å². The SMILES string of the molecule is CCOC(=O)C1=C(C)N=c2s/c(=C\c3cc(Cl)cc(Br)c3OCc3cccc4ccccc34)c(=O)n2[C@H]1c1ccc(C)cc1. The van der Waals surface area contributed by atoms with Gasteiger partial charge in [0.1, 0.15) is 12.4 Å². The number of carbonyl (C=O) groups is 1. The van der Waals surface area contributed by atoms with Crippen LogP contribution >= 0.6 is 38.9 Å². The summed E-state index contributed by atoms with van der Waals surface area (Å²) in [5.41, 5.74) is 4.14. The molecule has 6 nitrogen and oxygen atoms in total. The molecule has 0 fully saturated rings. The molecule has 1 aliphatic rings. The normalized spacial score (nSPS) is 14.8. The van der Waals surface area contributed by atoms with Gasteiger partial charge >= 0.3 is 5.97 Å². The molecule has 0 spiro atoms. The summed E-state index contributed by atoms with van der Waals surface area (Å²) >= 11 is 11.4. The van der Waals surface area contributed by atoms with Crippen LogP contribution in [-0.2, 0) is 16.1 Å². The molecule has 0 N–H and O–H groups in total. The number of nitrogens with zero attached hydrogens (tertiary/aromatic N) is 2. The molecular formula is C35H28BrClN2O4S. The number of hydrogen-bond donors (Lipinski definition) is 0. The second kappa shape index (κ2) is 12.6. The van der Waals surface area contributed by atoms with Gasteiger partial charge in [-0.05, 0) is 76.8 Å². The average Bonchev–Trinajstić information content (AvgIpc) is 3.30. The Kier molecular flexibility index (Phi) is 8.58. The minimum atomic E-state index is -0.679. The third-order valence-electron chi connectivity index (χ3n) is 7.49. The molecule has 2 heterocycles. The summed E-state index contributed by atoms with van der Waals surface area (Å²) in [7, 11) is 0. The molecule has 222 valence electrons. The predicted octanol–water partition coefficient (Wildman–Crippen LogP) is 7.25. The minimum absolute atomic E-state index is 0.214. The van der Waals surface area contributed by atoms with Crippen molar-refractivity contribution in [1.82, 2.24) is 4.57 Å². The summed E-state index contributed by atoms with van der Waals surface area (Å²) in [5, 5.41) is 2.73. The van der Waals surface area contributed by atoms with E-state index in [1.54, 1.807) is 36.6 Å². The molecule has 1 aromatic heterocycles. The van der Waals surface area contributed by atoms with Crippen LogP contribution < -0.4 is 19.6 Å². The van der Waals surface area contributed by atoms with E-state index in [4.69, 9.17) is 21.1 Å². The van der Waals surface area contributed by atoms with Gasteiger partial charge in [-0.15, -0.1) is 0 Å². The van der Waals surface area contributed by atoms with Crippen LogP contribution in [0.1, 0.15) is 42.1 Å². The molecule has 1 aliphatic heterocycles. The second-order valence-electron chi connectivity index (χ2n) is 10.4. The number of rotatable bonds is 7. The smallest absolute Gasteiger partial charge is 0.338 e. The first kappa shape index (κ1) is 30.1. The molecule has 0 aliphatic carbocycles. The zero-order chi connectivity index (χ0) is 31.0. The van der Waals surface area contributed by atoms with Crippen LogP contribution in [0.3, 0.4) is 0 Å². The van der Waals surface area contributed by atoms with Gasteiger partial charge in [0.05, 0.1) is 32.9 Å². The van der Waals surface area contributed by atoms with Crippen molar-refractivity contribution in [2.75, 3.05) is 6.61 Å². The van der Waals surface area contributed by atoms with E-state index in [0.717, 1.165) is 27.5 Å². The highest BCUT2D eigenvalue weighted by atomic mass is 79.9. The van der Waals surface area contributed by atoms with Crippen LogP contribution in [0.5, 0.6) is 5.75 Å². The van der Waals surface area contributed by atoms with Crippen molar-refractivity contribution in [1.29, 1.82) is 0 Å². The van der Waals surface area contributed by atoms with Crippen LogP contribution in [0, 0.1) is 6.92 Å². The van der Waals surface area contributed by atoms with E-state index in [1.807, 2.05) is 55.5 Å². The number of aromatic nitrogens is 1. The van der Waals surface area contributed by atoms with Crippen molar-refractivity contribution in [3.8, 4) is 5.75 Å². The number of fused-ring (bicyclic) bond motifs is 2. The van der Waals surface area contributed by atoms with Crippen molar-refractivity contribution in [3.05, 3.63) is 142 Å². The van der Waals surface area contributed by atoms with Crippen LogP contribution in [0.15, 0.2) is 104 Å². The molecule has 0 saturated heterocycles. The number of hydrogen-bond acceptors (Lipinski definition) is 6. The van der Waals surface area contributed by atoms with Crippen molar-refractivity contribution >= 4 is 61.7 Å². The largest absolute Gasteiger partial charge is 0.487 e. The number of aryl methyl sites for hydroxylation is 1. The molecule has 1 atom stereocenters. The Bertz CT molecular complexity index is 2130. The molecular weight excluding hydrogens is 660 g/mol. The molecule has 0 bridgehead atoms. The van der Waals surface area contributed by atoms with Gasteiger partial charge < -0.3 is 9.47 Å². The Morgan fingerprint density at radius 1 is 1.07 bits per heavy atom. The molecule has 0 unspecified atom stereocenters. The maximum absolute atomic E-state index is 14.1. The predicted molar refractivity (Wildman–Crippen MR) is 179 cm³/mol. The van der Waals surface area contributed by atoms with E-state index >= 15 is 0 Å². The van der Waals surface area contributed by atoms with Crippen LogP contribution in [0.25, 0.3) is 16.8 Å². The van der Waals surface area contributed by atoms with Crippen molar-refractivity contribution in [2.45, 2.75) is 33.4 Å². The van der Waals surface area contributed by atoms with E-state index in [1.165, 1.54) is 11.3 Å². The van der Waals surface area contributed by atoms with Crippen LogP contribution in [0.2, 0.25) is 5.02 Å². The lowest BCUT2D eigenvalue weighted by Crippen LogP contribution is -2.39. The first-order valence-corrected chi connectivity index (χ1v) is 16.1. The Hall–Kier alpha value is -3.98. The zero-order valence-electron chi connectivity index (χ0n) is 24.3. The maximum atomic E-state index is 14.1.